The van der Waals surface area contributed by atoms with Gasteiger partial charge < -0.3 is 10.0 Å². The van der Waals surface area contributed by atoms with Crippen molar-refractivity contribution in [3.63, 3.8) is 0 Å². The molecule has 1 aromatic rings. The molecule has 118 valence electrons. The summed E-state index contributed by atoms with van der Waals surface area (Å²) in [6.07, 6.45) is 1.73. The van der Waals surface area contributed by atoms with E-state index in [1.165, 1.54) is 17.1 Å². The van der Waals surface area contributed by atoms with E-state index in [4.69, 9.17) is 0 Å². The lowest BCUT2D eigenvalue weighted by atomic mass is 10.1. The number of benzene rings is 1. The standard InChI is InChI=1S/C15H24N2O3S/c1-13(18)14-6-5-7-15(12-14)21(19,20)16(2)10-11-17-8-3-4-9-17/h5-7,12-13,18H,3-4,8-11H2,1-2H3. The van der Waals surface area contributed by atoms with Crippen LogP contribution in [0.3, 0.4) is 0 Å². The predicted octanol–water partition coefficient (Wildman–Crippen LogP) is 1.46. The van der Waals surface area contributed by atoms with E-state index in [9.17, 15) is 13.5 Å². The summed E-state index contributed by atoms with van der Waals surface area (Å²) in [5.41, 5.74) is 0.615. The first-order chi connectivity index (χ1) is 9.91. The molecule has 1 aliphatic rings. The molecule has 0 spiro atoms. The Bertz CT molecular complexity index is 566. The third kappa shape index (κ3) is 4.03. The smallest absolute Gasteiger partial charge is 0.242 e. The first-order valence-corrected chi connectivity index (χ1v) is 8.82. The molecular weight excluding hydrogens is 288 g/mol. The summed E-state index contributed by atoms with van der Waals surface area (Å²) >= 11 is 0. The van der Waals surface area contributed by atoms with E-state index in [1.54, 1.807) is 38.2 Å². The van der Waals surface area contributed by atoms with Gasteiger partial charge in [0.1, 0.15) is 0 Å². The van der Waals surface area contributed by atoms with E-state index in [0.29, 0.717) is 12.1 Å². The van der Waals surface area contributed by atoms with Crippen LogP contribution in [0.25, 0.3) is 0 Å². The van der Waals surface area contributed by atoms with Crippen molar-refractivity contribution in [3.05, 3.63) is 29.8 Å². The van der Waals surface area contributed by atoms with Crippen molar-refractivity contribution in [1.82, 2.24) is 9.21 Å². The van der Waals surface area contributed by atoms with Gasteiger partial charge in [-0.25, -0.2) is 8.42 Å². The Hall–Kier alpha value is -0.950. The van der Waals surface area contributed by atoms with Gasteiger partial charge in [0.05, 0.1) is 11.0 Å². The maximum absolute atomic E-state index is 12.5. The van der Waals surface area contributed by atoms with Gasteiger partial charge in [0.2, 0.25) is 10.0 Å². The monoisotopic (exact) mass is 312 g/mol. The molecule has 0 aliphatic carbocycles. The highest BCUT2D eigenvalue weighted by Crippen LogP contribution is 2.20. The molecule has 0 aromatic heterocycles. The van der Waals surface area contributed by atoms with E-state index in [-0.39, 0.29) is 4.90 Å². The van der Waals surface area contributed by atoms with E-state index < -0.39 is 16.1 Å². The Morgan fingerprint density at radius 1 is 1.33 bits per heavy atom. The minimum Gasteiger partial charge on any atom is -0.389 e. The molecule has 1 saturated heterocycles. The molecule has 21 heavy (non-hydrogen) atoms. The molecule has 6 heteroatoms. The molecule has 1 fully saturated rings. The normalized spacial score (nSPS) is 18.3. The molecule has 2 rings (SSSR count). The molecule has 1 atom stereocenters. The van der Waals surface area contributed by atoms with Gasteiger partial charge in [0, 0.05) is 20.1 Å². The predicted molar refractivity (Wildman–Crippen MR) is 82.6 cm³/mol. The fraction of sp³-hybridized carbons (Fsp3) is 0.600. The van der Waals surface area contributed by atoms with Crippen LogP contribution < -0.4 is 0 Å². The summed E-state index contributed by atoms with van der Waals surface area (Å²) in [5, 5.41) is 9.58. The number of hydrogen-bond acceptors (Lipinski definition) is 4. The van der Waals surface area contributed by atoms with Gasteiger partial charge in [0.25, 0.3) is 0 Å². The van der Waals surface area contributed by atoms with Crippen LogP contribution in [0, 0.1) is 0 Å². The Balaban J connectivity index is 2.07. The van der Waals surface area contributed by atoms with Gasteiger partial charge in [-0.15, -0.1) is 0 Å². The Labute approximate surface area is 127 Å². The van der Waals surface area contributed by atoms with Crippen molar-refractivity contribution in [2.75, 3.05) is 33.2 Å². The van der Waals surface area contributed by atoms with E-state index in [0.717, 1.165) is 19.6 Å². The van der Waals surface area contributed by atoms with Gasteiger partial charge in [0.15, 0.2) is 0 Å². The molecular formula is C15H24N2O3S. The number of sulfonamides is 1. The quantitative estimate of drug-likeness (QED) is 0.864. The van der Waals surface area contributed by atoms with Crippen molar-refractivity contribution < 1.29 is 13.5 Å². The van der Waals surface area contributed by atoms with Crippen molar-refractivity contribution in [2.24, 2.45) is 0 Å². The Morgan fingerprint density at radius 2 is 2.00 bits per heavy atom. The molecule has 1 unspecified atom stereocenters. The second-order valence-corrected chi connectivity index (χ2v) is 7.67. The minimum absolute atomic E-state index is 0.241. The average molecular weight is 312 g/mol. The van der Waals surface area contributed by atoms with Gasteiger partial charge in [-0.1, -0.05) is 12.1 Å². The van der Waals surface area contributed by atoms with Crippen molar-refractivity contribution >= 4 is 10.0 Å². The molecule has 1 N–H and O–H groups in total. The fourth-order valence-electron chi connectivity index (χ4n) is 2.52. The number of likely N-dealkylation sites (tertiary alicyclic amines) is 1. The van der Waals surface area contributed by atoms with Crippen LogP contribution in [0.4, 0.5) is 0 Å². The fourth-order valence-corrected chi connectivity index (χ4v) is 3.74. The maximum Gasteiger partial charge on any atom is 0.242 e. The first-order valence-electron chi connectivity index (χ1n) is 7.38. The summed E-state index contributed by atoms with van der Waals surface area (Å²) in [4.78, 5) is 2.53. The highest BCUT2D eigenvalue weighted by Gasteiger charge is 2.22. The second kappa shape index (κ2) is 6.87. The van der Waals surface area contributed by atoms with Gasteiger partial charge in [-0.05, 0) is 50.6 Å². The number of aliphatic hydroxyl groups is 1. The summed E-state index contributed by atoms with van der Waals surface area (Å²) in [6.45, 7) is 5.01. The van der Waals surface area contributed by atoms with Crippen LogP contribution in [0.1, 0.15) is 31.4 Å². The zero-order valence-corrected chi connectivity index (χ0v) is 13.5. The van der Waals surface area contributed by atoms with Crippen LogP contribution in [-0.4, -0.2) is 56.0 Å². The Morgan fingerprint density at radius 3 is 2.62 bits per heavy atom. The zero-order chi connectivity index (χ0) is 15.5. The molecule has 5 nitrogen and oxygen atoms in total. The molecule has 0 amide bonds. The third-order valence-electron chi connectivity index (χ3n) is 3.98. The first kappa shape index (κ1) is 16.4. The van der Waals surface area contributed by atoms with Crippen LogP contribution in [0.2, 0.25) is 0 Å². The van der Waals surface area contributed by atoms with Gasteiger partial charge in [-0.3, -0.25) is 0 Å². The average Bonchev–Trinajstić information content (AvgIpc) is 2.98. The van der Waals surface area contributed by atoms with Crippen molar-refractivity contribution in [1.29, 1.82) is 0 Å². The second-order valence-electron chi connectivity index (χ2n) is 5.62. The van der Waals surface area contributed by atoms with Gasteiger partial charge in [-0.2, -0.15) is 4.31 Å². The molecule has 1 heterocycles. The molecule has 1 aliphatic heterocycles. The lowest BCUT2D eigenvalue weighted by Gasteiger charge is -2.21. The largest absolute Gasteiger partial charge is 0.389 e. The number of rotatable bonds is 6. The molecule has 0 saturated carbocycles. The van der Waals surface area contributed by atoms with E-state index in [1.807, 2.05) is 0 Å². The van der Waals surface area contributed by atoms with Gasteiger partial charge >= 0.3 is 0 Å². The summed E-state index contributed by atoms with van der Waals surface area (Å²) in [7, 11) is -1.88. The minimum atomic E-state index is -3.49. The summed E-state index contributed by atoms with van der Waals surface area (Å²) in [5.74, 6) is 0. The van der Waals surface area contributed by atoms with Crippen LogP contribution >= 0.6 is 0 Å². The maximum atomic E-state index is 12.5. The molecule has 0 bridgehead atoms. The van der Waals surface area contributed by atoms with Crippen LogP contribution in [0.5, 0.6) is 0 Å². The number of hydrogen-bond donors (Lipinski definition) is 1. The SMILES string of the molecule is CC(O)c1cccc(S(=O)(=O)N(C)CCN2CCCC2)c1. The van der Waals surface area contributed by atoms with Crippen LogP contribution in [-0.2, 0) is 10.0 Å². The van der Waals surface area contributed by atoms with E-state index >= 15 is 0 Å². The zero-order valence-electron chi connectivity index (χ0n) is 12.7. The lowest BCUT2D eigenvalue weighted by Crippen LogP contribution is -2.35. The number of likely N-dealkylation sites (N-methyl/N-ethyl adjacent to an activating group) is 1. The van der Waals surface area contributed by atoms with E-state index in [2.05, 4.69) is 4.90 Å². The van der Waals surface area contributed by atoms with Crippen LogP contribution in [0.15, 0.2) is 29.2 Å². The highest BCUT2D eigenvalue weighted by molar-refractivity contribution is 7.89. The number of aliphatic hydroxyl groups excluding tert-OH is 1. The third-order valence-corrected chi connectivity index (χ3v) is 5.83. The topological polar surface area (TPSA) is 60.9 Å². The van der Waals surface area contributed by atoms with Crippen molar-refractivity contribution in [3.8, 4) is 0 Å². The Kier molecular flexibility index (Phi) is 5.37. The summed E-state index contributed by atoms with van der Waals surface area (Å²) in [6, 6.07) is 6.52. The lowest BCUT2D eigenvalue weighted by molar-refractivity contribution is 0.199. The molecule has 1 aromatic carbocycles. The number of nitrogens with zero attached hydrogens (tertiary/aromatic N) is 2. The molecule has 0 radical (unpaired) electrons. The highest BCUT2D eigenvalue weighted by atomic mass is 32.2. The summed E-state index contributed by atoms with van der Waals surface area (Å²) < 4.78 is 26.5. The van der Waals surface area contributed by atoms with Crippen molar-refractivity contribution in [2.45, 2.75) is 30.8 Å².